The lowest BCUT2D eigenvalue weighted by Crippen LogP contribution is -2.12. The van der Waals surface area contributed by atoms with Gasteiger partial charge in [-0.05, 0) is 29.7 Å². The van der Waals surface area contributed by atoms with Gasteiger partial charge >= 0.3 is 0 Å². The molecule has 22 heavy (non-hydrogen) atoms. The molecule has 1 heterocycles. The molecule has 0 fully saturated rings. The van der Waals surface area contributed by atoms with Crippen LogP contribution in [0.25, 0.3) is 21.7 Å². The van der Waals surface area contributed by atoms with E-state index in [4.69, 9.17) is 0 Å². The van der Waals surface area contributed by atoms with Crippen molar-refractivity contribution >= 4 is 33.3 Å². The highest BCUT2D eigenvalue weighted by Crippen LogP contribution is 2.25. The third kappa shape index (κ3) is 2.04. The van der Waals surface area contributed by atoms with Crippen molar-refractivity contribution in [2.45, 2.75) is 0 Å². The molecule has 0 bridgehead atoms. The van der Waals surface area contributed by atoms with Crippen molar-refractivity contribution in [2.75, 3.05) is 5.32 Å². The summed E-state index contributed by atoms with van der Waals surface area (Å²) >= 11 is 0. The molecule has 0 atom stereocenters. The lowest BCUT2D eigenvalue weighted by Gasteiger charge is -2.09. The van der Waals surface area contributed by atoms with Crippen LogP contribution in [-0.4, -0.2) is 10.9 Å². The Morgan fingerprint density at radius 1 is 0.818 bits per heavy atom. The lowest BCUT2D eigenvalue weighted by molar-refractivity contribution is 0.102. The predicted octanol–water partition coefficient (Wildman–Crippen LogP) is 4.57. The quantitative estimate of drug-likeness (QED) is 0.557. The molecule has 0 aliphatic heterocycles. The molecule has 1 aromatic heterocycles. The molecule has 0 spiro atoms. The van der Waals surface area contributed by atoms with Crippen molar-refractivity contribution in [1.29, 1.82) is 0 Å². The number of anilines is 1. The van der Waals surface area contributed by atoms with Crippen molar-refractivity contribution in [3.8, 4) is 0 Å². The van der Waals surface area contributed by atoms with Gasteiger partial charge in [-0.25, -0.2) is 0 Å². The van der Waals surface area contributed by atoms with Gasteiger partial charge in [-0.2, -0.15) is 0 Å². The Balaban J connectivity index is 1.76. The summed E-state index contributed by atoms with van der Waals surface area (Å²) in [5.74, 6) is -0.0958. The first-order valence-corrected chi connectivity index (χ1v) is 7.18. The molecule has 1 amide bonds. The Labute approximate surface area is 127 Å². The minimum absolute atomic E-state index is 0.0958. The van der Waals surface area contributed by atoms with Crippen LogP contribution < -0.4 is 5.32 Å². The van der Waals surface area contributed by atoms with Gasteiger partial charge in [0.15, 0.2) is 0 Å². The van der Waals surface area contributed by atoms with E-state index in [-0.39, 0.29) is 5.91 Å². The average Bonchev–Trinajstić information content (AvgIpc) is 3.03. The zero-order valence-electron chi connectivity index (χ0n) is 11.8. The molecule has 0 saturated heterocycles. The van der Waals surface area contributed by atoms with E-state index in [1.807, 2.05) is 72.9 Å². The molecule has 3 heteroatoms. The lowest BCUT2D eigenvalue weighted by atomic mass is 10.1. The van der Waals surface area contributed by atoms with E-state index in [1.54, 1.807) is 0 Å². The van der Waals surface area contributed by atoms with Crippen molar-refractivity contribution in [3.63, 3.8) is 0 Å². The second-order valence-corrected chi connectivity index (χ2v) is 5.23. The normalized spacial score (nSPS) is 10.9. The number of carbonyl (C=O) groups is 1. The topological polar surface area (TPSA) is 44.9 Å². The standard InChI is InChI=1S/C19H14N2O/c22-19(16-8-4-9-17-15(16)11-12-20-17)21-18-10-3-6-13-5-1-2-7-14(13)18/h1-12,20H,(H,21,22). The van der Waals surface area contributed by atoms with E-state index in [0.29, 0.717) is 5.56 Å². The summed E-state index contributed by atoms with van der Waals surface area (Å²) in [6, 6.07) is 21.6. The smallest absolute Gasteiger partial charge is 0.256 e. The van der Waals surface area contributed by atoms with Crippen molar-refractivity contribution in [1.82, 2.24) is 4.98 Å². The zero-order chi connectivity index (χ0) is 14.9. The Morgan fingerprint density at radius 2 is 1.64 bits per heavy atom. The number of benzene rings is 3. The van der Waals surface area contributed by atoms with Gasteiger partial charge in [0.1, 0.15) is 0 Å². The SMILES string of the molecule is O=C(Nc1cccc2ccccc12)c1cccc2[nH]ccc12. The largest absolute Gasteiger partial charge is 0.361 e. The second-order valence-electron chi connectivity index (χ2n) is 5.23. The third-order valence-corrected chi connectivity index (χ3v) is 3.88. The van der Waals surface area contributed by atoms with Crippen LogP contribution in [0.3, 0.4) is 0 Å². The fourth-order valence-corrected chi connectivity index (χ4v) is 2.81. The average molecular weight is 286 g/mol. The van der Waals surface area contributed by atoms with Crippen LogP contribution in [0, 0.1) is 0 Å². The van der Waals surface area contributed by atoms with Crippen LogP contribution in [-0.2, 0) is 0 Å². The molecule has 4 rings (SSSR count). The van der Waals surface area contributed by atoms with Gasteiger partial charge in [0.05, 0.1) is 0 Å². The molecular weight excluding hydrogens is 272 g/mol. The van der Waals surface area contributed by atoms with Crippen LogP contribution in [0.4, 0.5) is 5.69 Å². The Morgan fingerprint density at radius 3 is 2.59 bits per heavy atom. The van der Waals surface area contributed by atoms with E-state index >= 15 is 0 Å². The van der Waals surface area contributed by atoms with Crippen LogP contribution in [0.15, 0.2) is 72.9 Å². The summed E-state index contributed by atoms with van der Waals surface area (Å²) in [4.78, 5) is 15.8. The fourth-order valence-electron chi connectivity index (χ4n) is 2.81. The summed E-state index contributed by atoms with van der Waals surface area (Å²) < 4.78 is 0. The molecule has 0 aliphatic carbocycles. The second kappa shape index (κ2) is 5.04. The number of nitrogens with one attached hydrogen (secondary N) is 2. The number of rotatable bonds is 2. The number of amides is 1. The first-order chi connectivity index (χ1) is 10.8. The highest BCUT2D eigenvalue weighted by molar-refractivity contribution is 6.14. The molecule has 0 aliphatic rings. The van der Waals surface area contributed by atoms with E-state index in [9.17, 15) is 4.79 Å². The molecule has 0 unspecified atom stereocenters. The van der Waals surface area contributed by atoms with Gasteiger partial charge in [0.2, 0.25) is 0 Å². The number of aromatic nitrogens is 1. The number of hydrogen-bond donors (Lipinski definition) is 2. The van der Waals surface area contributed by atoms with Crippen molar-refractivity contribution in [3.05, 3.63) is 78.5 Å². The zero-order valence-corrected chi connectivity index (χ0v) is 11.8. The monoisotopic (exact) mass is 286 g/mol. The minimum atomic E-state index is -0.0958. The van der Waals surface area contributed by atoms with Gasteiger partial charge in [0.25, 0.3) is 5.91 Å². The van der Waals surface area contributed by atoms with Crippen LogP contribution in [0.1, 0.15) is 10.4 Å². The van der Waals surface area contributed by atoms with Gasteiger partial charge in [-0.15, -0.1) is 0 Å². The molecule has 3 aromatic carbocycles. The maximum atomic E-state index is 12.6. The molecule has 2 N–H and O–H groups in total. The summed E-state index contributed by atoms with van der Waals surface area (Å²) in [6.07, 6.45) is 1.85. The summed E-state index contributed by atoms with van der Waals surface area (Å²) in [6.45, 7) is 0. The maximum Gasteiger partial charge on any atom is 0.256 e. The summed E-state index contributed by atoms with van der Waals surface area (Å²) in [5, 5.41) is 6.11. The Bertz CT molecular complexity index is 979. The highest BCUT2D eigenvalue weighted by atomic mass is 16.1. The molecular formula is C19H14N2O. The van der Waals surface area contributed by atoms with Gasteiger partial charge in [0, 0.05) is 33.7 Å². The Kier molecular flexibility index (Phi) is 2.90. The third-order valence-electron chi connectivity index (χ3n) is 3.88. The number of aromatic amines is 1. The molecule has 0 radical (unpaired) electrons. The predicted molar refractivity (Wildman–Crippen MR) is 90.2 cm³/mol. The molecule has 4 aromatic rings. The van der Waals surface area contributed by atoms with Gasteiger partial charge < -0.3 is 10.3 Å². The van der Waals surface area contributed by atoms with E-state index < -0.39 is 0 Å². The minimum Gasteiger partial charge on any atom is -0.361 e. The fraction of sp³-hybridized carbons (Fsp3) is 0. The molecule has 3 nitrogen and oxygen atoms in total. The van der Waals surface area contributed by atoms with E-state index in [0.717, 1.165) is 27.4 Å². The first-order valence-electron chi connectivity index (χ1n) is 7.18. The maximum absolute atomic E-state index is 12.6. The number of fused-ring (bicyclic) bond motifs is 2. The van der Waals surface area contributed by atoms with Crippen molar-refractivity contribution < 1.29 is 4.79 Å². The van der Waals surface area contributed by atoms with Gasteiger partial charge in [-0.3, -0.25) is 4.79 Å². The van der Waals surface area contributed by atoms with E-state index in [1.165, 1.54) is 0 Å². The van der Waals surface area contributed by atoms with Crippen LogP contribution in [0.5, 0.6) is 0 Å². The van der Waals surface area contributed by atoms with Gasteiger partial charge in [-0.1, -0.05) is 42.5 Å². The first kappa shape index (κ1) is 12.7. The molecule has 106 valence electrons. The number of hydrogen-bond acceptors (Lipinski definition) is 1. The van der Waals surface area contributed by atoms with Crippen LogP contribution in [0.2, 0.25) is 0 Å². The summed E-state index contributed by atoms with van der Waals surface area (Å²) in [7, 11) is 0. The number of H-pyrrole nitrogens is 1. The Hall–Kier alpha value is -3.07. The van der Waals surface area contributed by atoms with Crippen molar-refractivity contribution in [2.24, 2.45) is 0 Å². The van der Waals surface area contributed by atoms with Crippen LogP contribution >= 0.6 is 0 Å². The van der Waals surface area contributed by atoms with E-state index in [2.05, 4.69) is 10.3 Å². The summed E-state index contributed by atoms with van der Waals surface area (Å²) in [5.41, 5.74) is 2.47. The molecule has 0 saturated carbocycles. The highest BCUT2D eigenvalue weighted by Gasteiger charge is 2.11. The number of carbonyl (C=O) groups excluding carboxylic acids is 1.